The minimum atomic E-state index is -4.32. The van der Waals surface area contributed by atoms with Gasteiger partial charge in [0, 0.05) is 7.05 Å². The Morgan fingerprint density at radius 1 is 0.825 bits per heavy atom. The number of amides is 1. The number of carbonyl (C=O) groups is 1. The topological polar surface area (TPSA) is 75.7 Å². The molecule has 6 nitrogen and oxygen atoms in total. The van der Waals surface area contributed by atoms with Gasteiger partial charge in [-0.15, -0.1) is 0 Å². The minimum Gasteiger partial charge on any atom is -0.444 e. The first-order chi connectivity index (χ1) is 18.3. The molecule has 0 aliphatic heterocycles. The van der Waals surface area contributed by atoms with E-state index >= 15 is 4.39 Å². The summed E-state index contributed by atoms with van der Waals surface area (Å²) in [5.41, 5.74) is -1.24. The molecular weight excluding hydrogens is 544 g/mol. The van der Waals surface area contributed by atoms with E-state index in [0.29, 0.717) is 5.56 Å². The fraction of sp³-hybridized carbons (Fsp3) is 0.387. The Labute approximate surface area is 239 Å². The lowest BCUT2D eigenvalue weighted by Gasteiger charge is -2.43. The summed E-state index contributed by atoms with van der Waals surface area (Å²) in [7, 11) is -6.02. The Kier molecular flexibility index (Phi) is 8.75. The predicted octanol–water partition coefficient (Wildman–Crippen LogP) is 5.77. The summed E-state index contributed by atoms with van der Waals surface area (Å²) in [6, 6.07) is 23.1. The minimum absolute atomic E-state index is 0.433. The third-order valence-electron chi connectivity index (χ3n) is 7.26. The number of rotatable bonds is 7. The lowest BCUT2D eigenvalue weighted by atomic mass is 9.93. The summed E-state index contributed by atoms with van der Waals surface area (Å²) in [4.78, 5) is 13.7. The first-order valence-corrected chi connectivity index (χ1v) is 16.7. The van der Waals surface area contributed by atoms with Crippen LogP contribution >= 0.6 is 0 Å². The number of ether oxygens (including phenoxy) is 1. The molecule has 0 aliphatic carbocycles. The molecule has 0 heterocycles. The third kappa shape index (κ3) is 6.32. The van der Waals surface area contributed by atoms with Crippen molar-refractivity contribution in [1.82, 2.24) is 9.29 Å². The van der Waals surface area contributed by atoms with Crippen molar-refractivity contribution in [2.24, 2.45) is 0 Å². The van der Waals surface area contributed by atoms with Crippen LogP contribution in [0.2, 0.25) is 5.04 Å². The molecule has 0 aliphatic rings. The van der Waals surface area contributed by atoms with Crippen LogP contribution in [0.1, 0.15) is 61.0 Å². The molecule has 40 heavy (non-hydrogen) atoms. The van der Waals surface area contributed by atoms with Crippen LogP contribution in [0.15, 0.2) is 83.8 Å². The Morgan fingerprint density at radius 3 is 1.70 bits per heavy atom. The van der Waals surface area contributed by atoms with Gasteiger partial charge in [0.2, 0.25) is 18.3 Å². The lowest BCUT2D eigenvalue weighted by Crippen LogP contribution is -2.74. The Bertz CT molecular complexity index is 1410. The molecule has 0 atom stereocenters. The number of hydrogen-bond acceptors (Lipinski definition) is 4. The molecule has 216 valence electrons. The van der Waals surface area contributed by atoms with Gasteiger partial charge in [0.1, 0.15) is 16.3 Å². The fourth-order valence-electron chi connectivity index (χ4n) is 4.79. The maximum Gasteiger partial charge on any atom is 0.410 e. The summed E-state index contributed by atoms with van der Waals surface area (Å²) >= 11 is 0. The SMILES string of the molecule is CN(C(=O)OC(C)(C)C)C(C)(C)c1ccc(S(=O)(=O)N[Si](c2ccccc2)(c2ccccc2)C(C)(C)C)c(F)c1. The molecular formula is C31H41FN2O4SSi. The van der Waals surface area contributed by atoms with Crippen LogP contribution in [0.25, 0.3) is 0 Å². The largest absolute Gasteiger partial charge is 0.444 e. The van der Waals surface area contributed by atoms with Crippen molar-refractivity contribution in [2.75, 3.05) is 7.05 Å². The first kappa shape index (κ1) is 31.5. The highest BCUT2D eigenvalue weighted by molar-refractivity contribution is 7.91. The quantitative estimate of drug-likeness (QED) is 0.358. The van der Waals surface area contributed by atoms with E-state index in [4.69, 9.17) is 4.74 Å². The molecule has 3 aromatic carbocycles. The summed E-state index contributed by atoms with van der Waals surface area (Å²) < 4.78 is 52.3. The predicted molar refractivity (Wildman–Crippen MR) is 161 cm³/mol. The Hall–Kier alpha value is -3.01. The van der Waals surface area contributed by atoms with Crippen LogP contribution in [0, 0.1) is 5.82 Å². The van der Waals surface area contributed by atoms with E-state index in [9.17, 15) is 13.2 Å². The molecule has 0 unspecified atom stereocenters. The first-order valence-electron chi connectivity index (χ1n) is 13.2. The normalized spacial score (nSPS) is 13.2. The average Bonchev–Trinajstić information content (AvgIpc) is 2.85. The number of hydrogen-bond donors (Lipinski definition) is 1. The van der Waals surface area contributed by atoms with Crippen LogP contribution < -0.4 is 14.8 Å². The number of nitrogens with zero attached hydrogens (tertiary/aromatic N) is 1. The van der Waals surface area contributed by atoms with Gasteiger partial charge in [-0.3, -0.25) is 0 Å². The highest BCUT2D eigenvalue weighted by Gasteiger charge is 2.51. The molecule has 1 N–H and O–H groups in total. The number of nitrogens with one attached hydrogen (secondary N) is 1. The number of benzene rings is 3. The average molecular weight is 585 g/mol. The van der Waals surface area contributed by atoms with Crippen molar-refractivity contribution < 1.29 is 22.3 Å². The molecule has 0 fully saturated rings. The van der Waals surface area contributed by atoms with E-state index in [0.717, 1.165) is 10.4 Å². The van der Waals surface area contributed by atoms with E-state index in [1.54, 1.807) is 47.7 Å². The molecule has 0 saturated heterocycles. The maximum atomic E-state index is 15.7. The Morgan fingerprint density at radius 2 is 1.30 bits per heavy atom. The van der Waals surface area contributed by atoms with Crippen molar-refractivity contribution in [3.63, 3.8) is 0 Å². The molecule has 1 amide bonds. The molecule has 3 rings (SSSR count). The van der Waals surface area contributed by atoms with Gasteiger partial charge in [-0.05, 0) is 67.7 Å². The van der Waals surface area contributed by atoms with Crippen LogP contribution in [0.5, 0.6) is 0 Å². The zero-order valence-corrected chi connectivity index (χ0v) is 26.7. The molecule has 0 radical (unpaired) electrons. The van der Waals surface area contributed by atoms with Crippen molar-refractivity contribution in [1.29, 1.82) is 0 Å². The summed E-state index contributed by atoms with van der Waals surface area (Å²) in [5.74, 6) is -0.895. The van der Waals surface area contributed by atoms with Crippen molar-refractivity contribution in [3.8, 4) is 0 Å². The zero-order chi connectivity index (χ0) is 30.1. The molecule has 0 aromatic heterocycles. The van der Waals surface area contributed by atoms with Gasteiger partial charge in [0.15, 0.2) is 0 Å². The lowest BCUT2D eigenvalue weighted by molar-refractivity contribution is 0.0103. The second-order valence-electron chi connectivity index (χ2n) is 12.6. The van der Waals surface area contributed by atoms with E-state index in [-0.39, 0.29) is 0 Å². The Balaban J connectivity index is 2.10. The molecule has 0 spiro atoms. The number of carbonyl (C=O) groups excluding carboxylic acids is 1. The van der Waals surface area contributed by atoms with E-state index < -0.39 is 51.2 Å². The van der Waals surface area contributed by atoms with Crippen LogP contribution in [0.3, 0.4) is 0 Å². The maximum absolute atomic E-state index is 15.7. The number of sulfonamides is 1. The van der Waals surface area contributed by atoms with Crippen LogP contribution in [0.4, 0.5) is 9.18 Å². The van der Waals surface area contributed by atoms with Gasteiger partial charge in [-0.1, -0.05) is 87.5 Å². The smallest absolute Gasteiger partial charge is 0.410 e. The van der Waals surface area contributed by atoms with Crippen molar-refractivity contribution in [2.45, 2.75) is 76.5 Å². The second kappa shape index (κ2) is 11.1. The standard InChI is InChI=1S/C31H41FN2O4SSi/c1-29(2,3)38-28(35)34(9)31(7,8)23-20-21-27(26(32)22-23)39(36,37)33-40(30(4,5)6,24-16-12-10-13-17-24)25-18-14-11-15-19-25/h10-22,33H,1-9H3. The van der Waals surface area contributed by atoms with Gasteiger partial charge in [0.25, 0.3) is 0 Å². The molecule has 9 heteroatoms. The van der Waals surface area contributed by atoms with Gasteiger partial charge in [-0.2, -0.15) is 0 Å². The van der Waals surface area contributed by atoms with Crippen molar-refractivity contribution >= 4 is 34.7 Å². The summed E-state index contributed by atoms with van der Waals surface area (Å²) in [6.07, 6.45) is -0.567. The second-order valence-corrected chi connectivity index (χ2v) is 19.0. The highest BCUT2D eigenvalue weighted by atomic mass is 32.2. The number of halogens is 1. The molecule has 3 aromatic rings. The van der Waals surface area contributed by atoms with Gasteiger partial charge in [-0.25, -0.2) is 22.0 Å². The van der Waals surface area contributed by atoms with E-state index in [1.165, 1.54) is 17.0 Å². The summed E-state index contributed by atoms with van der Waals surface area (Å²) in [5, 5.41) is 1.22. The van der Waals surface area contributed by atoms with Crippen molar-refractivity contribution in [3.05, 3.63) is 90.2 Å². The van der Waals surface area contributed by atoms with Gasteiger partial charge >= 0.3 is 6.09 Å². The van der Waals surface area contributed by atoms with E-state index in [2.05, 4.69) is 4.39 Å². The highest BCUT2D eigenvalue weighted by Crippen LogP contribution is 2.36. The van der Waals surface area contributed by atoms with E-state index in [1.807, 2.05) is 81.4 Å². The zero-order valence-electron chi connectivity index (χ0n) is 24.9. The van der Waals surface area contributed by atoms with Crippen LogP contribution in [-0.4, -0.2) is 40.3 Å². The summed E-state index contributed by atoms with van der Waals surface area (Å²) in [6.45, 7) is 14.8. The van der Waals surface area contributed by atoms with Gasteiger partial charge in [0.05, 0.1) is 5.54 Å². The fourth-order valence-corrected chi connectivity index (χ4v) is 13.0. The monoisotopic (exact) mass is 584 g/mol. The molecule has 0 bridgehead atoms. The third-order valence-corrected chi connectivity index (χ3v) is 15.1. The van der Waals surface area contributed by atoms with Crippen LogP contribution in [-0.2, 0) is 20.3 Å². The van der Waals surface area contributed by atoms with Gasteiger partial charge < -0.3 is 9.64 Å². The molecule has 0 saturated carbocycles.